The summed E-state index contributed by atoms with van der Waals surface area (Å²) in [6.45, 7) is 2.06. The van der Waals surface area contributed by atoms with Crippen molar-refractivity contribution in [3.63, 3.8) is 0 Å². The number of nitrogens with one attached hydrogen (secondary N) is 2. The lowest BCUT2D eigenvalue weighted by Gasteiger charge is -2.16. The summed E-state index contributed by atoms with van der Waals surface area (Å²) in [6.07, 6.45) is 3.86. The minimum Gasteiger partial charge on any atom is -0.497 e. The lowest BCUT2D eigenvalue weighted by atomic mass is 9.90. The van der Waals surface area contributed by atoms with Crippen LogP contribution in [0.25, 0.3) is 11.1 Å². The zero-order chi connectivity index (χ0) is 19.5. The Hall–Kier alpha value is -2.35. The predicted octanol–water partition coefficient (Wildman–Crippen LogP) is 3.20. The molecule has 0 unspecified atom stereocenters. The summed E-state index contributed by atoms with van der Waals surface area (Å²) in [5.41, 5.74) is 3.42. The average Bonchev–Trinajstić information content (AvgIpc) is 3.46. The molecule has 0 bridgehead atoms. The van der Waals surface area contributed by atoms with Crippen LogP contribution in [0.3, 0.4) is 0 Å². The van der Waals surface area contributed by atoms with Gasteiger partial charge in [-0.15, -0.1) is 23.7 Å². The molecule has 1 aliphatic heterocycles. The molecule has 2 aromatic heterocycles. The number of nitrogens with zero attached hydrogens (tertiary/aromatic N) is 2. The standard InChI is InChI=1S/C21H24N4O2S.ClH/c1-25-12-16(8-24-25)19-10-22-11-20(19)21(26)23-9-18-7-15(13-28-18)14-3-5-17(27-2)6-4-14;/h3-8,12-13,19-20,22H,9-11H2,1-2H3,(H,23,26);1H/t19-,20+;/m1./s1. The second kappa shape index (κ2) is 9.43. The van der Waals surface area contributed by atoms with E-state index in [1.165, 1.54) is 0 Å². The molecule has 29 heavy (non-hydrogen) atoms. The Morgan fingerprint density at radius 1 is 1.31 bits per heavy atom. The fourth-order valence-corrected chi connectivity index (χ4v) is 4.48. The maximum absolute atomic E-state index is 12.8. The van der Waals surface area contributed by atoms with E-state index in [0.717, 1.165) is 33.9 Å². The van der Waals surface area contributed by atoms with E-state index in [2.05, 4.69) is 27.2 Å². The Morgan fingerprint density at radius 3 is 2.79 bits per heavy atom. The first-order valence-electron chi connectivity index (χ1n) is 9.33. The van der Waals surface area contributed by atoms with Crippen LogP contribution in [0, 0.1) is 5.92 Å². The number of halogens is 1. The van der Waals surface area contributed by atoms with Gasteiger partial charge in [0.15, 0.2) is 0 Å². The third kappa shape index (κ3) is 4.80. The summed E-state index contributed by atoms with van der Waals surface area (Å²) < 4.78 is 7.00. The number of methoxy groups -OCH3 is 1. The maximum atomic E-state index is 12.8. The quantitative estimate of drug-likeness (QED) is 0.627. The predicted molar refractivity (Wildman–Crippen MR) is 118 cm³/mol. The number of hydrogen-bond donors (Lipinski definition) is 2. The van der Waals surface area contributed by atoms with E-state index in [1.807, 2.05) is 43.7 Å². The van der Waals surface area contributed by atoms with Gasteiger partial charge in [-0.3, -0.25) is 9.48 Å². The Kier molecular flexibility index (Phi) is 6.95. The lowest BCUT2D eigenvalue weighted by molar-refractivity contribution is -0.124. The zero-order valence-corrected chi connectivity index (χ0v) is 18.1. The molecule has 1 aliphatic rings. The SMILES string of the molecule is COc1ccc(-c2csc(CNC(=O)[C@H]3CNC[C@@H]3c3cnn(C)c3)c2)cc1.Cl. The van der Waals surface area contributed by atoms with Gasteiger partial charge in [0.05, 0.1) is 25.8 Å². The topological polar surface area (TPSA) is 68.2 Å². The largest absolute Gasteiger partial charge is 0.497 e. The van der Waals surface area contributed by atoms with Gasteiger partial charge >= 0.3 is 0 Å². The minimum absolute atomic E-state index is 0. The molecule has 3 aromatic rings. The molecule has 2 atom stereocenters. The third-order valence-electron chi connectivity index (χ3n) is 5.22. The molecule has 1 fully saturated rings. The van der Waals surface area contributed by atoms with Crippen LogP contribution >= 0.6 is 23.7 Å². The van der Waals surface area contributed by atoms with Crippen LogP contribution in [0.1, 0.15) is 16.4 Å². The van der Waals surface area contributed by atoms with Gasteiger partial charge in [-0.1, -0.05) is 12.1 Å². The van der Waals surface area contributed by atoms with Crippen molar-refractivity contribution in [3.8, 4) is 16.9 Å². The number of carbonyl (C=O) groups excluding carboxylic acids is 1. The van der Waals surface area contributed by atoms with Gasteiger partial charge in [-0.05, 0) is 40.3 Å². The van der Waals surface area contributed by atoms with Gasteiger partial charge in [0.25, 0.3) is 0 Å². The van der Waals surface area contributed by atoms with Crippen molar-refractivity contribution in [2.75, 3.05) is 20.2 Å². The molecule has 3 heterocycles. The number of hydrogen-bond acceptors (Lipinski definition) is 5. The van der Waals surface area contributed by atoms with Gasteiger partial charge in [0.2, 0.25) is 5.91 Å². The number of carbonyl (C=O) groups is 1. The molecule has 1 aromatic carbocycles. The number of benzene rings is 1. The van der Waals surface area contributed by atoms with E-state index >= 15 is 0 Å². The van der Waals surface area contributed by atoms with Gasteiger partial charge < -0.3 is 15.4 Å². The van der Waals surface area contributed by atoms with Gasteiger partial charge in [0.1, 0.15) is 5.75 Å². The second-order valence-electron chi connectivity index (χ2n) is 7.07. The van der Waals surface area contributed by atoms with Crippen LogP contribution in [0.15, 0.2) is 48.1 Å². The molecular weight excluding hydrogens is 408 g/mol. The highest BCUT2D eigenvalue weighted by atomic mass is 35.5. The van der Waals surface area contributed by atoms with Crippen molar-refractivity contribution in [2.45, 2.75) is 12.5 Å². The van der Waals surface area contributed by atoms with Crippen LogP contribution in [0.4, 0.5) is 0 Å². The molecule has 0 spiro atoms. The van der Waals surface area contributed by atoms with Crippen LogP contribution in [-0.4, -0.2) is 35.9 Å². The molecule has 0 aliphatic carbocycles. The smallest absolute Gasteiger partial charge is 0.225 e. The highest BCUT2D eigenvalue weighted by Gasteiger charge is 2.34. The number of rotatable bonds is 6. The lowest BCUT2D eigenvalue weighted by Crippen LogP contribution is -2.33. The van der Waals surface area contributed by atoms with Crippen LogP contribution in [0.5, 0.6) is 5.75 Å². The fraction of sp³-hybridized carbons (Fsp3) is 0.333. The molecule has 4 rings (SSSR count). The Balaban J connectivity index is 0.00000240. The van der Waals surface area contributed by atoms with Crippen molar-refractivity contribution in [2.24, 2.45) is 13.0 Å². The number of aryl methyl sites for hydroxylation is 1. The number of ether oxygens (including phenoxy) is 1. The molecule has 8 heteroatoms. The molecular formula is C21H25ClN4O2S. The summed E-state index contributed by atoms with van der Waals surface area (Å²) in [7, 11) is 3.57. The summed E-state index contributed by atoms with van der Waals surface area (Å²) in [4.78, 5) is 13.9. The zero-order valence-electron chi connectivity index (χ0n) is 16.4. The summed E-state index contributed by atoms with van der Waals surface area (Å²) in [5, 5.41) is 12.8. The first-order valence-corrected chi connectivity index (χ1v) is 10.2. The number of amides is 1. The van der Waals surface area contributed by atoms with E-state index in [9.17, 15) is 4.79 Å². The average molecular weight is 433 g/mol. The highest BCUT2D eigenvalue weighted by Crippen LogP contribution is 2.29. The van der Waals surface area contributed by atoms with E-state index in [4.69, 9.17) is 4.74 Å². The molecule has 0 radical (unpaired) electrons. The van der Waals surface area contributed by atoms with E-state index in [1.54, 1.807) is 23.1 Å². The van der Waals surface area contributed by atoms with E-state index in [0.29, 0.717) is 13.1 Å². The van der Waals surface area contributed by atoms with Crippen molar-refractivity contribution >= 4 is 29.7 Å². The molecule has 2 N–H and O–H groups in total. The first-order chi connectivity index (χ1) is 13.6. The van der Waals surface area contributed by atoms with Crippen molar-refractivity contribution < 1.29 is 9.53 Å². The third-order valence-corrected chi connectivity index (χ3v) is 6.15. The summed E-state index contributed by atoms with van der Waals surface area (Å²) in [5.74, 6) is 1.05. The molecule has 0 saturated carbocycles. The second-order valence-corrected chi connectivity index (χ2v) is 8.06. The molecule has 1 amide bonds. The monoisotopic (exact) mass is 432 g/mol. The van der Waals surface area contributed by atoms with E-state index in [-0.39, 0.29) is 30.2 Å². The normalized spacial score (nSPS) is 18.3. The van der Waals surface area contributed by atoms with Crippen molar-refractivity contribution in [3.05, 3.63) is 58.5 Å². The number of thiophene rings is 1. The maximum Gasteiger partial charge on any atom is 0.225 e. The Morgan fingerprint density at radius 2 is 2.10 bits per heavy atom. The molecule has 154 valence electrons. The highest BCUT2D eigenvalue weighted by molar-refractivity contribution is 7.10. The molecule has 6 nitrogen and oxygen atoms in total. The van der Waals surface area contributed by atoms with E-state index < -0.39 is 0 Å². The number of aromatic nitrogens is 2. The Labute approximate surface area is 180 Å². The van der Waals surface area contributed by atoms with Crippen LogP contribution < -0.4 is 15.4 Å². The summed E-state index contributed by atoms with van der Waals surface area (Å²) in [6, 6.07) is 10.1. The fourth-order valence-electron chi connectivity index (χ4n) is 3.65. The van der Waals surface area contributed by atoms with Crippen LogP contribution in [0.2, 0.25) is 0 Å². The van der Waals surface area contributed by atoms with Crippen LogP contribution in [-0.2, 0) is 18.4 Å². The Bertz CT molecular complexity index is 954. The molecule has 1 saturated heterocycles. The summed E-state index contributed by atoms with van der Waals surface area (Å²) >= 11 is 1.66. The van der Waals surface area contributed by atoms with Gasteiger partial charge in [-0.25, -0.2) is 0 Å². The van der Waals surface area contributed by atoms with Gasteiger partial charge in [0, 0.05) is 37.1 Å². The minimum atomic E-state index is -0.0646. The van der Waals surface area contributed by atoms with Crippen molar-refractivity contribution in [1.82, 2.24) is 20.4 Å². The van der Waals surface area contributed by atoms with Gasteiger partial charge in [-0.2, -0.15) is 5.10 Å². The first kappa shape index (κ1) is 21.4. The van der Waals surface area contributed by atoms with Crippen molar-refractivity contribution in [1.29, 1.82) is 0 Å².